The Labute approximate surface area is 282 Å². The predicted octanol–water partition coefficient (Wildman–Crippen LogP) is 5.49. The lowest BCUT2D eigenvalue weighted by Crippen LogP contribution is -2.51. The number of rotatable bonds is 9. The number of likely N-dealkylation sites (tertiary alicyclic amines) is 2. The number of hydrogen-bond acceptors (Lipinski definition) is 8. The summed E-state index contributed by atoms with van der Waals surface area (Å²) in [6.07, 6.45) is 4.16. The standard InChI is InChI=1S/C36H44ClN7O3/c1-36(2,29-19-27(22-38)20-30(37)21-29)28-3-5-33(6-4-28)47-25-31-7-11-39-34(40-31)43-17-15-42(16-18-43)32-10-12-41(24-32)23-26-8-13-44(14-9-26)35(45)46/h3-7,11,19-21,26,32H,8-10,12-18,23-25H2,1-2H3,(H,45,46). The fourth-order valence-electron chi connectivity index (χ4n) is 7.16. The van der Waals surface area contributed by atoms with Crippen LogP contribution in [-0.4, -0.2) is 101 Å². The van der Waals surface area contributed by atoms with Crippen LogP contribution in [0.15, 0.2) is 54.7 Å². The average molecular weight is 658 g/mol. The van der Waals surface area contributed by atoms with Crippen molar-refractivity contribution >= 4 is 23.6 Å². The van der Waals surface area contributed by atoms with E-state index in [1.807, 2.05) is 36.5 Å². The van der Waals surface area contributed by atoms with E-state index in [0.29, 0.717) is 42.2 Å². The molecule has 3 aromatic rings. The van der Waals surface area contributed by atoms with Crippen molar-refractivity contribution in [1.82, 2.24) is 24.7 Å². The molecule has 1 atom stereocenters. The molecule has 6 rings (SSSR count). The highest BCUT2D eigenvalue weighted by molar-refractivity contribution is 6.30. The van der Waals surface area contributed by atoms with Gasteiger partial charge in [-0.05, 0) is 79.3 Å². The first-order valence-corrected chi connectivity index (χ1v) is 17.0. The van der Waals surface area contributed by atoms with Gasteiger partial charge in [-0.25, -0.2) is 14.8 Å². The zero-order valence-corrected chi connectivity index (χ0v) is 28.1. The summed E-state index contributed by atoms with van der Waals surface area (Å²) in [6.45, 7) is 13.0. The van der Waals surface area contributed by atoms with Crippen molar-refractivity contribution in [2.75, 3.05) is 63.8 Å². The molecule has 4 heterocycles. The molecule has 248 valence electrons. The smallest absolute Gasteiger partial charge is 0.407 e. The van der Waals surface area contributed by atoms with Gasteiger partial charge in [0.2, 0.25) is 5.95 Å². The summed E-state index contributed by atoms with van der Waals surface area (Å²) in [4.78, 5) is 29.7. The molecule has 1 unspecified atom stereocenters. The molecule has 1 aromatic heterocycles. The van der Waals surface area contributed by atoms with E-state index in [1.54, 1.807) is 11.0 Å². The Morgan fingerprint density at radius 2 is 1.74 bits per heavy atom. The van der Waals surface area contributed by atoms with Gasteiger partial charge in [-0.1, -0.05) is 37.6 Å². The van der Waals surface area contributed by atoms with Gasteiger partial charge in [0.1, 0.15) is 12.4 Å². The highest BCUT2D eigenvalue weighted by Gasteiger charge is 2.32. The summed E-state index contributed by atoms with van der Waals surface area (Å²) >= 11 is 6.28. The summed E-state index contributed by atoms with van der Waals surface area (Å²) < 4.78 is 6.11. The maximum absolute atomic E-state index is 11.2. The van der Waals surface area contributed by atoms with Crippen LogP contribution in [0.25, 0.3) is 0 Å². The van der Waals surface area contributed by atoms with Gasteiger partial charge in [0.25, 0.3) is 0 Å². The quantitative estimate of drug-likeness (QED) is 0.319. The fourth-order valence-corrected chi connectivity index (χ4v) is 7.39. The minimum absolute atomic E-state index is 0.333. The summed E-state index contributed by atoms with van der Waals surface area (Å²) in [5.41, 5.74) is 3.15. The van der Waals surface area contributed by atoms with Crippen molar-refractivity contribution in [3.8, 4) is 11.8 Å². The zero-order chi connectivity index (χ0) is 33.0. The number of nitriles is 1. The van der Waals surface area contributed by atoms with Crippen molar-refractivity contribution < 1.29 is 14.6 Å². The molecule has 1 amide bonds. The second-order valence-corrected chi connectivity index (χ2v) is 14.0. The van der Waals surface area contributed by atoms with Crippen LogP contribution >= 0.6 is 11.6 Å². The number of hydrogen-bond donors (Lipinski definition) is 1. The molecule has 47 heavy (non-hydrogen) atoms. The van der Waals surface area contributed by atoms with Gasteiger partial charge in [0, 0.05) is 75.0 Å². The first kappa shape index (κ1) is 33.0. The number of benzene rings is 2. The fraction of sp³-hybridized carbons (Fsp3) is 0.500. The van der Waals surface area contributed by atoms with E-state index in [1.165, 1.54) is 6.42 Å². The largest absolute Gasteiger partial charge is 0.487 e. The second-order valence-electron chi connectivity index (χ2n) is 13.6. The summed E-state index contributed by atoms with van der Waals surface area (Å²) in [6, 6.07) is 18.2. The van der Waals surface area contributed by atoms with Crippen LogP contribution in [0.5, 0.6) is 5.75 Å². The normalized spacial score (nSPS) is 19.9. The molecule has 0 bridgehead atoms. The number of amides is 1. The third kappa shape index (κ3) is 7.98. The SMILES string of the molecule is CC(C)(c1ccc(OCc2ccnc(N3CCN(C4CCN(CC5CCN(C(=O)O)CC5)C4)CC3)n2)cc1)c1cc(Cl)cc(C#N)c1. The van der Waals surface area contributed by atoms with Crippen LogP contribution < -0.4 is 9.64 Å². The summed E-state index contributed by atoms with van der Waals surface area (Å²) in [5, 5.41) is 19.1. The third-order valence-electron chi connectivity index (χ3n) is 10.2. The molecule has 10 nitrogen and oxygen atoms in total. The number of aromatic nitrogens is 2. The Hall–Kier alpha value is -3.91. The van der Waals surface area contributed by atoms with E-state index >= 15 is 0 Å². The third-order valence-corrected chi connectivity index (χ3v) is 10.4. The van der Waals surface area contributed by atoms with Gasteiger partial charge in [-0.15, -0.1) is 0 Å². The van der Waals surface area contributed by atoms with E-state index in [0.717, 1.165) is 87.2 Å². The minimum Gasteiger partial charge on any atom is -0.487 e. The van der Waals surface area contributed by atoms with E-state index in [4.69, 9.17) is 21.3 Å². The van der Waals surface area contributed by atoms with Gasteiger partial charge >= 0.3 is 6.09 Å². The molecule has 3 saturated heterocycles. The molecule has 3 aliphatic heterocycles. The molecular weight excluding hydrogens is 614 g/mol. The van der Waals surface area contributed by atoms with E-state index in [9.17, 15) is 15.2 Å². The van der Waals surface area contributed by atoms with Gasteiger partial charge in [0.15, 0.2) is 0 Å². The zero-order valence-electron chi connectivity index (χ0n) is 27.3. The monoisotopic (exact) mass is 657 g/mol. The number of ether oxygens (including phenoxy) is 1. The molecule has 2 aromatic carbocycles. The summed E-state index contributed by atoms with van der Waals surface area (Å²) in [5.74, 6) is 2.11. The minimum atomic E-state index is -0.788. The molecule has 0 spiro atoms. The van der Waals surface area contributed by atoms with Crippen LogP contribution in [-0.2, 0) is 12.0 Å². The van der Waals surface area contributed by atoms with Gasteiger partial charge in [-0.3, -0.25) is 4.90 Å². The van der Waals surface area contributed by atoms with Crippen LogP contribution in [0.3, 0.4) is 0 Å². The molecule has 0 radical (unpaired) electrons. The number of anilines is 1. The molecular formula is C36H44ClN7O3. The maximum atomic E-state index is 11.2. The van der Waals surface area contributed by atoms with Crippen molar-refractivity contribution in [3.63, 3.8) is 0 Å². The van der Waals surface area contributed by atoms with Crippen LogP contribution in [0, 0.1) is 17.2 Å². The lowest BCUT2D eigenvalue weighted by Gasteiger charge is -2.38. The number of piperazine rings is 1. The van der Waals surface area contributed by atoms with Crippen molar-refractivity contribution in [2.24, 2.45) is 5.92 Å². The van der Waals surface area contributed by atoms with E-state index in [-0.39, 0.29) is 5.41 Å². The number of nitrogens with zero attached hydrogens (tertiary/aromatic N) is 7. The lowest BCUT2D eigenvalue weighted by atomic mass is 9.78. The number of carboxylic acid groups (broad SMARTS) is 1. The Morgan fingerprint density at radius 1 is 1.00 bits per heavy atom. The maximum Gasteiger partial charge on any atom is 0.407 e. The van der Waals surface area contributed by atoms with E-state index in [2.05, 4.69) is 51.7 Å². The van der Waals surface area contributed by atoms with Crippen LogP contribution in [0.2, 0.25) is 5.02 Å². The second kappa shape index (κ2) is 14.5. The molecule has 0 aliphatic carbocycles. The Bertz CT molecular complexity index is 1580. The summed E-state index contributed by atoms with van der Waals surface area (Å²) in [7, 11) is 0. The first-order valence-electron chi connectivity index (χ1n) is 16.6. The molecule has 3 fully saturated rings. The van der Waals surface area contributed by atoms with Gasteiger partial charge in [0.05, 0.1) is 17.3 Å². The topological polar surface area (TPSA) is 109 Å². The van der Waals surface area contributed by atoms with E-state index < -0.39 is 6.09 Å². The predicted molar refractivity (Wildman–Crippen MR) is 182 cm³/mol. The van der Waals surface area contributed by atoms with Crippen LogP contribution in [0.1, 0.15) is 55.5 Å². The van der Waals surface area contributed by atoms with Crippen LogP contribution in [0.4, 0.5) is 10.7 Å². The molecule has 0 saturated carbocycles. The van der Waals surface area contributed by atoms with Gasteiger partial charge < -0.3 is 24.5 Å². The lowest BCUT2D eigenvalue weighted by molar-refractivity contribution is 0.114. The highest BCUT2D eigenvalue weighted by atomic mass is 35.5. The number of carbonyl (C=O) groups is 1. The van der Waals surface area contributed by atoms with Crippen molar-refractivity contribution in [1.29, 1.82) is 5.26 Å². The number of piperidine rings is 1. The van der Waals surface area contributed by atoms with Crippen molar-refractivity contribution in [3.05, 3.63) is 82.1 Å². The van der Waals surface area contributed by atoms with Crippen molar-refractivity contribution in [2.45, 2.75) is 51.2 Å². The molecule has 3 aliphatic rings. The molecule has 11 heteroatoms. The Kier molecular flexibility index (Phi) is 10.2. The first-order chi connectivity index (χ1) is 22.7. The highest BCUT2D eigenvalue weighted by Crippen LogP contribution is 2.34. The van der Waals surface area contributed by atoms with Gasteiger partial charge in [-0.2, -0.15) is 5.26 Å². The molecule has 1 N–H and O–H groups in total. The Morgan fingerprint density at radius 3 is 2.45 bits per heavy atom. The Balaban J connectivity index is 0.968. The number of halogens is 1. The average Bonchev–Trinajstić information content (AvgIpc) is 3.56.